The Morgan fingerprint density at radius 3 is 2.92 bits per heavy atom. The molecule has 2 fully saturated rings. The van der Waals surface area contributed by atoms with Gasteiger partial charge in [0.25, 0.3) is 5.91 Å². The summed E-state index contributed by atoms with van der Waals surface area (Å²) in [5, 5.41) is 4.20. The molecule has 8 nitrogen and oxygen atoms in total. The van der Waals surface area contributed by atoms with Crippen molar-refractivity contribution in [3.05, 3.63) is 35.9 Å². The van der Waals surface area contributed by atoms with E-state index in [1.54, 1.807) is 23.3 Å². The molecule has 0 radical (unpaired) electrons. The molecule has 0 bridgehead atoms. The molecule has 2 aromatic heterocycles. The van der Waals surface area contributed by atoms with E-state index in [0.717, 1.165) is 31.3 Å². The lowest BCUT2D eigenvalue weighted by Gasteiger charge is -2.32. The molecule has 1 amide bonds. The first-order valence-corrected chi connectivity index (χ1v) is 9.26. The lowest BCUT2D eigenvalue weighted by atomic mass is 10.2. The van der Waals surface area contributed by atoms with Gasteiger partial charge in [-0.3, -0.25) is 9.48 Å². The van der Waals surface area contributed by atoms with E-state index in [4.69, 9.17) is 9.72 Å². The summed E-state index contributed by atoms with van der Waals surface area (Å²) in [6.07, 6.45) is 7.35. The Kier molecular flexibility index (Phi) is 4.83. The highest BCUT2D eigenvalue weighted by atomic mass is 16.5. The topological polar surface area (TPSA) is 76.4 Å². The van der Waals surface area contributed by atoms with Gasteiger partial charge in [-0.1, -0.05) is 0 Å². The van der Waals surface area contributed by atoms with Crippen molar-refractivity contribution >= 4 is 11.9 Å². The average molecular weight is 356 g/mol. The number of carbonyl (C=O) groups excluding carboxylic acids is 1. The van der Waals surface area contributed by atoms with Crippen molar-refractivity contribution in [3.63, 3.8) is 0 Å². The van der Waals surface area contributed by atoms with E-state index in [9.17, 15) is 4.79 Å². The largest absolute Gasteiger partial charge is 0.368 e. The van der Waals surface area contributed by atoms with Crippen LogP contribution in [0.25, 0.3) is 0 Å². The number of hydrogen-bond donors (Lipinski definition) is 0. The van der Waals surface area contributed by atoms with E-state index in [-0.39, 0.29) is 12.0 Å². The summed E-state index contributed by atoms with van der Waals surface area (Å²) < 4.78 is 7.66. The molecule has 2 saturated heterocycles. The highest BCUT2D eigenvalue weighted by Crippen LogP contribution is 2.24. The van der Waals surface area contributed by atoms with Gasteiger partial charge in [0, 0.05) is 38.6 Å². The third-order valence-corrected chi connectivity index (χ3v) is 4.94. The molecular formula is C18H24N6O2. The zero-order valence-electron chi connectivity index (χ0n) is 15.0. The minimum absolute atomic E-state index is 0.00757. The molecular weight excluding hydrogens is 332 g/mol. The number of aromatic nitrogens is 4. The van der Waals surface area contributed by atoms with Crippen LogP contribution in [-0.2, 0) is 11.3 Å². The van der Waals surface area contributed by atoms with E-state index in [1.807, 2.05) is 17.9 Å². The van der Waals surface area contributed by atoms with Gasteiger partial charge in [-0.05, 0) is 25.8 Å². The molecule has 0 aliphatic carbocycles. The van der Waals surface area contributed by atoms with Crippen LogP contribution in [0.1, 0.15) is 41.9 Å². The van der Waals surface area contributed by atoms with Crippen molar-refractivity contribution in [2.24, 2.45) is 0 Å². The van der Waals surface area contributed by atoms with Crippen LogP contribution >= 0.6 is 0 Å². The summed E-state index contributed by atoms with van der Waals surface area (Å²) in [5.41, 5.74) is 1.46. The first kappa shape index (κ1) is 17.0. The minimum Gasteiger partial charge on any atom is -0.368 e. The van der Waals surface area contributed by atoms with E-state index in [0.29, 0.717) is 25.3 Å². The number of morpholine rings is 1. The number of aryl methyl sites for hydroxylation is 1. The van der Waals surface area contributed by atoms with Crippen LogP contribution in [0.4, 0.5) is 5.95 Å². The van der Waals surface area contributed by atoms with Gasteiger partial charge in [0.15, 0.2) is 0 Å². The number of rotatable bonds is 4. The van der Waals surface area contributed by atoms with Gasteiger partial charge in [0.05, 0.1) is 30.6 Å². The first-order valence-electron chi connectivity index (χ1n) is 9.26. The van der Waals surface area contributed by atoms with Crippen molar-refractivity contribution in [2.45, 2.75) is 32.4 Å². The standard InChI is InChI=1S/C18H24N6O2/c1-2-24-12-14(11-20-24)17(25)23-9-10-26-16(13-23)15-5-6-19-18(21-15)22-7-3-4-8-22/h5-6,11-12,16H,2-4,7-10,13H2,1H3/t16-/m0/s1. The molecule has 2 aliphatic rings. The van der Waals surface area contributed by atoms with Crippen LogP contribution in [0.2, 0.25) is 0 Å². The molecule has 4 heterocycles. The molecule has 26 heavy (non-hydrogen) atoms. The molecule has 2 aliphatic heterocycles. The zero-order valence-corrected chi connectivity index (χ0v) is 15.0. The lowest BCUT2D eigenvalue weighted by Crippen LogP contribution is -2.42. The Labute approximate surface area is 152 Å². The summed E-state index contributed by atoms with van der Waals surface area (Å²) in [5.74, 6) is 0.753. The predicted octanol–water partition coefficient (Wildman–Crippen LogP) is 1.51. The summed E-state index contributed by atoms with van der Waals surface area (Å²) in [7, 11) is 0. The van der Waals surface area contributed by atoms with Crippen LogP contribution in [0.5, 0.6) is 0 Å². The van der Waals surface area contributed by atoms with E-state index in [1.165, 1.54) is 12.8 Å². The Morgan fingerprint density at radius 1 is 1.31 bits per heavy atom. The number of anilines is 1. The predicted molar refractivity (Wildman–Crippen MR) is 96.0 cm³/mol. The fourth-order valence-corrected chi connectivity index (χ4v) is 3.45. The summed E-state index contributed by atoms with van der Waals surface area (Å²) in [6.45, 7) is 6.32. The van der Waals surface area contributed by atoms with Gasteiger partial charge >= 0.3 is 0 Å². The van der Waals surface area contributed by atoms with E-state index >= 15 is 0 Å². The molecule has 4 rings (SSSR count). The van der Waals surface area contributed by atoms with Crippen molar-refractivity contribution < 1.29 is 9.53 Å². The maximum atomic E-state index is 12.8. The Hall–Kier alpha value is -2.48. The van der Waals surface area contributed by atoms with E-state index in [2.05, 4.69) is 15.0 Å². The Balaban J connectivity index is 1.48. The van der Waals surface area contributed by atoms with Crippen LogP contribution in [-0.4, -0.2) is 63.3 Å². The maximum absolute atomic E-state index is 12.8. The van der Waals surface area contributed by atoms with E-state index < -0.39 is 0 Å². The second-order valence-corrected chi connectivity index (χ2v) is 6.67. The molecule has 2 aromatic rings. The summed E-state index contributed by atoms with van der Waals surface area (Å²) in [4.78, 5) is 25.9. The van der Waals surface area contributed by atoms with Gasteiger partial charge in [0.2, 0.25) is 5.95 Å². The van der Waals surface area contributed by atoms with Crippen LogP contribution in [0, 0.1) is 0 Å². The molecule has 138 valence electrons. The first-order chi connectivity index (χ1) is 12.7. The number of amides is 1. The second-order valence-electron chi connectivity index (χ2n) is 6.67. The van der Waals surface area contributed by atoms with Gasteiger partial charge in [0.1, 0.15) is 6.10 Å². The minimum atomic E-state index is -0.224. The molecule has 0 saturated carbocycles. The highest BCUT2D eigenvalue weighted by molar-refractivity contribution is 5.93. The van der Waals surface area contributed by atoms with Crippen molar-refractivity contribution in [1.29, 1.82) is 0 Å². The van der Waals surface area contributed by atoms with Gasteiger partial charge in [-0.15, -0.1) is 0 Å². The third-order valence-electron chi connectivity index (χ3n) is 4.94. The summed E-state index contributed by atoms with van der Waals surface area (Å²) >= 11 is 0. The second kappa shape index (κ2) is 7.41. The van der Waals surface area contributed by atoms with Gasteiger partial charge in [-0.2, -0.15) is 5.10 Å². The number of nitrogens with zero attached hydrogens (tertiary/aromatic N) is 6. The fourth-order valence-electron chi connectivity index (χ4n) is 3.45. The quantitative estimate of drug-likeness (QED) is 0.826. The smallest absolute Gasteiger partial charge is 0.257 e. The molecule has 0 spiro atoms. The molecule has 0 aromatic carbocycles. The van der Waals surface area contributed by atoms with Crippen LogP contribution in [0.3, 0.4) is 0 Å². The van der Waals surface area contributed by atoms with Gasteiger partial charge in [-0.25, -0.2) is 9.97 Å². The monoisotopic (exact) mass is 356 g/mol. The van der Waals surface area contributed by atoms with Crippen LogP contribution in [0.15, 0.2) is 24.7 Å². The summed E-state index contributed by atoms with van der Waals surface area (Å²) in [6, 6.07) is 1.88. The Bertz CT molecular complexity index is 771. The van der Waals surface area contributed by atoms with Crippen molar-refractivity contribution in [3.8, 4) is 0 Å². The van der Waals surface area contributed by atoms with Crippen molar-refractivity contribution in [2.75, 3.05) is 37.7 Å². The van der Waals surface area contributed by atoms with Gasteiger partial charge < -0.3 is 14.5 Å². The maximum Gasteiger partial charge on any atom is 0.257 e. The number of hydrogen-bond acceptors (Lipinski definition) is 6. The number of carbonyl (C=O) groups is 1. The Morgan fingerprint density at radius 2 is 2.15 bits per heavy atom. The molecule has 8 heteroatoms. The molecule has 0 N–H and O–H groups in total. The SMILES string of the molecule is CCn1cc(C(=O)N2CCO[C@H](c3ccnc(N4CCCC4)n3)C2)cn1. The average Bonchev–Trinajstić information content (AvgIpc) is 3.39. The van der Waals surface area contributed by atoms with Crippen molar-refractivity contribution in [1.82, 2.24) is 24.6 Å². The highest BCUT2D eigenvalue weighted by Gasteiger charge is 2.28. The molecule has 1 atom stereocenters. The molecule has 0 unspecified atom stereocenters. The third kappa shape index (κ3) is 3.41. The fraction of sp³-hybridized carbons (Fsp3) is 0.556. The number of ether oxygens (including phenoxy) is 1. The zero-order chi connectivity index (χ0) is 17.9. The lowest BCUT2D eigenvalue weighted by molar-refractivity contribution is -0.0247. The van der Waals surface area contributed by atoms with Crippen LogP contribution < -0.4 is 4.90 Å². The normalized spacial score (nSPS) is 20.6.